The minimum Gasteiger partial charge on any atom is -0.486 e. The van der Waals surface area contributed by atoms with Gasteiger partial charge in [-0.3, -0.25) is 9.59 Å². The molecule has 0 spiro atoms. The minimum atomic E-state index is -1.38. The zero-order chi connectivity index (χ0) is 26.3. The Morgan fingerprint density at radius 1 is 1.00 bits per heavy atom. The van der Waals surface area contributed by atoms with Crippen LogP contribution in [0.2, 0.25) is 10.0 Å². The second kappa shape index (κ2) is 9.72. The van der Waals surface area contributed by atoms with Crippen LogP contribution in [0, 0.1) is 11.7 Å². The number of cyclic esters (lactones) is 2. The molecule has 1 aliphatic rings. The fourth-order valence-electron chi connectivity index (χ4n) is 4.58. The third kappa shape index (κ3) is 5.02. The number of benzene rings is 3. The largest absolute Gasteiger partial charge is 0.486 e. The summed E-state index contributed by atoms with van der Waals surface area (Å²) in [6.07, 6.45) is 1.74. The van der Waals surface area contributed by atoms with Crippen molar-refractivity contribution in [2.75, 3.05) is 0 Å². The van der Waals surface area contributed by atoms with E-state index in [2.05, 4.69) is 4.98 Å². The Bertz CT molecular complexity index is 1470. The number of aromatic nitrogens is 1. The molecular formula is C28H22Cl2FNO5. The molecule has 9 heteroatoms. The van der Waals surface area contributed by atoms with Crippen molar-refractivity contribution in [1.29, 1.82) is 0 Å². The number of halogens is 3. The Balaban J connectivity index is 1.57. The van der Waals surface area contributed by atoms with E-state index in [-0.39, 0.29) is 28.2 Å². The van der Waals surface area contributed by atoms with Gasteiger partial charge in [0, 0.05) is 36.9 Å². The number of para-hydroxylation sites is 1. The van der Waals surface area contributed by atoms with Crippen molar-refractivity contribution < 1.29 is 28.2 Å². The average molecular weight is 542 g/mol. The standard InChI is InChI=1S/C28H22Cl2FNO5/c1-28(2)36-26(33)24(27(34)37-28)23(19-13-32-22-9-4-3-8-18(19)22)16-11-20(29)25(21(30)12-16)35-14-15-6-5-7-17(31)10-15/h3-13,23-24,32H,14H2,1-2H3/t23-/m1/s1. The number of fused-ring (bicyclic) bond motifs is 1. The van der Waals surface area contributed by atoms with Gasteiger partial charge in [0.05, 0.1) is 10.0 Å². The van der Waals surface area contributed by atoms with Gasteiger partial charge in [0.25, 0.3) is 5.79 Å². The predicted octanol–water partition coefficient (Wildman–Crippen LogP) is 6.78. The van der Waals surface area contributed by atoms with Gasteiger partial charge in [-0.2, -0.15) is 0 Å². The van der Waals surface area contributed by atoms with Crippen LogP contribution in [0.1, 0.15) is 36.5 Å². The van der Waals surface area contributed by atoms with E-state index in [9.17, 15) is 14.0 Å². The molecule has 1 aliphatic heterocycles. The van der Waals surface area contributed by atoms with Crippen LogP contribution in [0.5, 0.6) is 5.75 Å². The lowest BCUT2D eigenvalue weighted by molar-refractivity contribution is -0.240. The van der Waals surface area contributed by atoms with Gasteiger partial charge in [-0.25, -0.2) is 4.39 Å². The van der Waals surface area contributed by atoms with E-state index in [4.69, 9.17) is 37.4 Å². The number of rotatable bonds is 6. The second-order valence-corrected chi connectivity index (χ2v) is 10.0. The summed E-state index contributed by atoms with van der Waals surface area (Å²) in [5.41, 5.74) is 2.60. The highest BCUT2D eigenvalue weighted by Crippen LogP contribution is 2.44. The highest BCUT2D eigenvalue weighted by atomic mass is 35.5. The van der Waals surface area contributed by atoms with Crippen LogP contribution in [-0.2, 0) is 25.7 Å². The van der Waals surface area contributed by atoms with E-state index >= 15 is 0 Å². The van der Waals surface area contributed by atoms with Crippen LogP contribution in [0.4, 0.5) is 4.39 Å². The lowest BCUT2D eigenvalue weighted by atomic mass is 9.80. The Labute approximate surface area is 222 Å². The fourth-order valence-corrected chi connectivity index (χ4v) is 5.20. The number of carbonyl (C=O) groups is 2. The summed E-state index contributed by atoms with van der Waals surface area (Å²) in [5, 5.41) is 1.15. The maximum Gasteiger partial charge on any atom is 0.324 e. The van der Waals surface area contributed by atoms with E-state index in [1.807, 2.05) is 24.3 Å². The molecular weight excluding hydrogens is 520 g/mol. The molecule has 0 saturated carbocycles. The van der Waals surface area contributed by atoms with Crippen molar-refractivity contribution in [2.24, 2.45) is 5.92 Å². The third-order valence-corrected chi connectivity index (χ3v) is 6.70. The molecule has 0 bridgehead atoms. The van der Waals surface area contributed by atoms with E-state index in [1.54, 1.807) is 30.5 Å². The van der Waals surface area contributed by atoms with Gasteiger partial charge in [-0.1, -0.05) is 53.5 Å². The normalized spacial score (nSPS) is 16.4. The number of ether oxygens (including phenoxy) is 3. The van der Waals surface area contributed by atoms with Crippen molar-refractivity contribution in [2.45, 2.75) is 32.2 Å². The minimum absolute atomic E-state index is 0.0405. The van der Waals surface area contributed by atoms with Gasteiger partial charge in [0.1, 0.15) is 12.4 Å². The van der Waals surface area contributed by atoms with E-state index in [0.29, 0.717) is 16.7 Å². The lowest BCUT2D eigenvalue weighted by Crippen LogP contribution is -2.48. The molecule has 0 aliphatic carbocycles. The van der Waals surface area contributed by atoms with Gasteiger partial charge < -0.3 is 19.2 Å². The van der Waals surface area contributed by atoms with Gasteiger partial charge in [0.2, 0.25) is 0 Å². The zero-order valence-electron chi connectivity index (χ0n) is 19.9. The van der Waals surface area contributed by atoms with E-state index in [1.165, 1.54) is 26.0 Å². The first-order valence-corrected chi connectivity index (χ1v) is 12.3. The molecule has 1 fully saturated rings. The highest BCUT2D eigenvalue weighted by molar-refractivity contribution is 6.37. The van der Waals surface area contributed by atoms with Gasteiger partial charge in [-0.05, 0) is 47.0 Å². The Hall–Kier alpha value is -3.55. The van der Waals surface area contributed by atoms with Crippen molar-refractivity contribution in [3.8, 4) is 5.75 Å². The fraction of sp³-hybridized carbons (Fsp3) is 0.214. The monoisotopic (exact) mass is 541 g/mol. The molecule has 4 aromatic rings. The molecule has 37 heavy (non-hydrogen) atoms. The number of hydrogen-bond donors (Lipinski definition) is 1. The molecule has 3 aromatic carbocycles. The van der Waals surface area contributed by atoms with Crippen LogP contribution in [0.3, 0.4) is 0 Å². The molecule has 2 heterocycles. The SMILES string of the molecule is CC1(C)OC(=O)C([C@H](c2cc(Cl)c(OCc3cccc(F)c3)c(Cl)c2)c2c[nH]c3ccccc23)C(=O)O1. The maximum absolute atomic E-state index is 13.5. The molecule has 0 amide bonds. The zero-order valence-corrected chi connectivity index (χ0v) is 21.4. The van der Waals surface area contributed by atoms with Gasteiger partial charge >= 0.3 is 11.9 Å². The van der Waals surface area contributed by atoms with Crippen LogP contribution >= 0.6 is 23.2 Å². The van der Waals surface area contributed by atoms with Crippen molar-refractivity contribution >= 4 is 46.0 Å². The summed E-state index contributed by atoms with van der Waals surface area (Å²) in [5.74, 6) is -5.10. The molecule has 1 atom stereocenters. The van der Waals surface area contributed by atoms with Crippen LogP contribution < -0.4 is 4.74 Å². The summed E-state index contributed by atoms with van der Waals surface area (Å²) in [4.78, 5) is 29.5. The molecule has 190 valence electrons. The van der Waals surface area contributed by atoms with Crippen molar-refractivity contribution in [1.82, 2.24) is 4.98 Å². The molecule has 0 unspecified atom stereocenters. The summed E-state index contributed by atoms with van der Waals surface area (Å²) >= 11 is 13.2. The summed E-state index contributed by atoms with van der Waals surface area (Å²) in [6.45, 7) is 3.04. The lowest BCUT2D eigenvalue weighted by Gasteiger charge is -2.36. The Morgan fingerprint density at radius 3 is 2.35 bits per heavy atom. The summed E-state index contributed by atoms with van der Waals surface area (Å²) in [6, 6.07) is 16.7. The van der Waals surface area contributed by atoms with Crippen LogP contribution in [0.15, 0.2) is 66.9 Å². The molecule has 1 saturated heterocycles. The van der Waals surface area contributed by atoms with Gasteiger partial charge in [-0.15, -0.1) is 0 Å². The maximum atomic E-state index is 13.5. The topological polar surface area (TPSA) is 77.6 Å². The quantitative estimate of drug-likeness (QED) is 0.215. The first kappa shape index (κ1) is 25.1. The summed E-state index contributed by atoms with van der Waals surface area (Å²) < 4.78 is 30.2. The van der Waals surface area contributed by atoms with Crippen LogP contribution in [0.25, 0.3) is 10.9 Å². The average Bonchev–Trinajstić information content (AvgIpc) is 3.24. The molecule has 0 radical (unpaired) electrons. The van der Waals surface area contributed by atoms with E-state index < -0.39 is 29.6 Å². The van der Waals surface area contributed by atoms with Crippen molar-refractivity contribution in [3.05, 3.63) is 99.4 Å². The molecule has 1 N–H and O–H groups in total. The first-order valence-electron chi connectivity index (χ1n) is 11.5. The first-order chi connectivity index (χ1) is 17.6. The van der Waals surface area contributed by atoms with E-state index in [0.717, 1.165) is 10.9 Å². The number of carbonyl (C=O) groups excluding carboxylic acids is 2. The molecule has 6 nitrogen and oxygen atoms in total. The number of hydrogen-bond acceptors (Lipinski definition) is 5. The predicted molar refractivity (Wildman–Crippen MR) is 137 cm³/mol. The number of nitrogens with one attached hydrogen (secondary N) is 1. The third-order valence-electron chi connectivity index (χ3n) is 6.14. The Morgan fingerprint density at radius 2 is 1.68 bits per heavy atom. The molecule has 1 aromatic heterocycles. The smallest absolute Gasteiger partial charge is 0.324 e. The van der Waals surface area contributed by atoms with Crippen molar-refractivity contribution in [3.63, 3.8) is 0 Å². The second-order valence-electron chi connectivity index (χ2n) is 9.22. The Kier molecular flexibility index (Phi) is 6.60. The summed E-state index contributed by atoms with van der Waals surface area (Å²) in [7, 11) is 0. The number of aromatic amines is 1. The highest BCUT2D eigenvalue weighted by Gasteiger charge is 2.48. The van der Waals surface area contributed by atoms with Crippen LogP contribution in [-0.4, -0.2) is 22.7 Å². The number of esters is 2. The van der Waals surface area contributed by atoms with Gasteiger partial charge in [0.15, 0.2) is 11.7 Å². The molecule has 5 rings (SSSR count). The number of H-pyrrole nitrogens is 1.